The van der Waals surface area contributed by atoms with Crippen molar-refractivity contribution in [2.45, 2.75) is 10.3 Å². The lowest BCUT2D eigenvalue weighted by atomic mass is 10.2. The zero-order valence-corrected chi connectivity index (χ0v) is 12.1. The van der Waals surface area contributed by atoms with E-state index in [9.17, 15) is 8.42 Å². The first-order valence-electron chi connectivity index (χ1n) is 6.81. The summed E-state index contributed by atoms with van der Waals surface area (Å²) in [6.07, 6.45) is 1.34. The maximum absolute atomic E-state index is 12.8. The third-order valence-corrected chi connectivity index (χ3v) is 5.89. The van der Waals surface area contributed by atoms with Crippen LogP contribution in [0.4, 0.5) is 0 Å². The number of nitrogens with zero attached hydrogens (tertiary/aromatic N) is 1. The Labute approximate surface area is 122 Å². The summed E-state index contributed by atoms with van der Waals surface area (Å²) in [5.74, 6) is 0.737. The predicted molar refractivity (Wildman–Crippen MR) is 74.1 cm³/mol. The van der Waals surface area contributed by atoms with Crippen molar-refractivity contribution in [2.24, 2.45) is 0 Å². The second-order valence-electron chi connectivity index (χ2n) is 5.21. The van der Waals surface area contributed by atoms with E-state index in [1.807, 2.05) is 0 Å². The fourth-order valence-electron chi connectivity index (χ4n) is 2.88. The molecule has 0 saturated carbocycles. The minimum absolute atomic E-state index is 0.157. The van der Waals surface area contributed by atoms with Crippen LogP contribution in [0.5, 0.6) is 11.6 Å². The van der Waals surface area contributed by atoms with E-state index >= 15 is 0 Å². The van der Waals surface area contributed by atoms with Gasteiger partial charge in [0.2, 0.25) is 0 Å². The highest BCUT2D eigenvalue weighted by Crippen LogP contribution is 2.33. The van der Waals surface area contributed by atoms with Crippen molar-refractivity contribution in [1.29, 1.82) is 0 Å². The Balaban J connectivity index is 1.72. The summed E-state index contributed by atoms with van der Waals surface area (Å²) in [5.41, 5.74) is 2.08. The molecule has 0 aliphatic carbocycles. The van der Waals surface area contributed by atoms with Crippen LogP contribution in [-0.4, -0.2) is 51.6 Å². The Morgan fingerprint density at radius 1 is 1.19 bits per heavy atom. The van der Waals surface area contributed by atoms with Gasteiger partial charge in [-0.15, -0.1) is 0 Å². The molecule has 7 nitrogen and oxygen atoms in total. The molecule has 3 aliphatic heterocycles. The maximum Gasteiger partial charge on any atom is 0.257 e. The third kappa shape index (κ3) is 2.02. The van der Waals surface area contributed by atoms with Gasteiger partial charge in [-0.1, -0.05) is 0 Å². The van der Waals surface area contributed by atoms with Crippen LogP contribution in [0.15, 0.2) is 28.3 Å². The second-order valence-corrected chi connectivity index (χ2v) is 7.24. The zero-order chi connectivity index (χ0) is 14.4. The van der Waals surface area contributed by atoms with Crippen molar-refractivity contribution in [3.8, 4) is 11.6 Å². The molecule has 1 aromatic heterocycles. The molecule has 4 rings (SSSR count). The third-order valence-electron chi connectivity index (χ3n) is 3.94. The van der Waals surface area contributed by atoms with E-state index in [1.165, 1.54) is 12.3 Å². The quantitative estimate of drug-likeness (QED) is 0.709. The number of pyridine rings is 1. The van der Waals surface area contributed by atoms with Gasteiger partial charge in [0.25, 0.3) is 5.88 Å². The summed E-state index contributed by atoms with van der Waals surface area (Å²) in [6, 6.07) is 1.50. The van der Waals surface area contributed by atoms with E-state index in [4.69, 9.17) is 9.47 Å². The molecule has 21 heavy (non-hydrogen) atoms. The van der Waals surface area contributed by atoms with Gasteiger partial charge in [0, 0.05) is 31.9 Å². The number of nitrogens with one attached hydrogen (secondary N) is 2. The molecule has 2 N–H and O–H groups in total. The average Bonchev–Trinajstić information content (AvgIpc) is 3.09. The first-order chi connectivity index (χ1) is 10.2. The van der Waals surface area contributed by atoms with Crippen molar-refractivity contribution < 1.29 is 17.9 Å². The Hall–Kier alpha value is -1.64. The molecule has 3 aliphatic rings. The van der Waals surface area contributed by atoms with Crippen molar-refractivity contribution in [2.75, 3.05) is 32.8 Å². The fourth-order valence-corrected chi connectivity index (χ4v) is 4.55. The number of fused-ring (bicyclic) bond motifs is 1. The van der Waals surface area contributed by atoms with Crippen molar-refractivity contribution in [3.05, 3.63) is 23.4 Å². The van der Waals surface area contributed by atoms with E-state index in [-0.39, 0.29) is 4.90 Å². The minimum Gasteiger partial charge on any atom is -0.484 e. The number of aromatic nitrogens is 1. The largest absolute Gasteiger partial charge is 0.484 e. The Bertz CT molecular complexity index is 729. The van der Waals surface area contributed by atoms with Crippen LogP contribution < -0.4 is 20.1 Å². The van der Waals surface area contributed by atoms with Crippen LogP contribution in [0.25, 0.3) is 0 Å². The lowest BCUT2D eigenvalue weighted by Gasteiger charge is -2.19. The van der Waals surface area contributed by atoms with E-state index in [1.54, 1.807) is 0 Å². The lowest BCUT2D eigenvalue weighted by Crippen LogP contribution is -2.37. The molecule has 0 saturated heterocycles. The Kier molecular flexibility index (Phi) is 2.91. The van der Waals surface area contributed by atoms with Gasteiger partial charge in [-0.2, -0.15) is 0 Å². The first-order valence-corrected chi connectivity index (χ1v) is 8.35. The number of rotatable bonds is 2. The van der Waals surface area contributed by atoms with Crippen LogP contribution in [0, 0.1) is 0 Å². The van der Waals surface area contributed by atoms with Crippen LogP contribution in [-0.2, 0) is 9.84 Å². The molecule has 1 unspecified atom stereocenters. The topological polar surface area (TPSA) is 89.6 Å². The number of sulfone groups is 1. The van der Waals surface area contributed by atoms with E-state index in [2.05, 4.69) is 15.6 Å². The zero-order valence-electron chi connectivity index (χ0n) is 11.3. The molecule has 0 aromatic carbocycles. The normalized spacial score (nSPS) is 24.3. The van der Waals surface area contributed by atoms with E-state index < -0.39 is 15.2 Å². The molecule has 0 spiro atoms. The van der Waals surface area contributed by atoms with Gasteiger partial charge in [0.15, 0.2) is 15.6 Å². The van der Waals surface area contributed by atoms with Gasteiger partial charge in [0.1, 0.15) is 18.6 Å². The molecule has 0 bridgehead atoms. The summed E-state index contributed by atoms with van der Waals surface area (Å²) in [6.45, 7) is 2.82. The first kappa shape index (κ1) is 13.1. The van der Waals surface area contributed by atoms with Gasteiger partial charge >= 0.3 is 0 Å². The summed E-state index contributed by atoms with van der Waals surface area (Å²) in [5, 5.41) is 5.59. The standard InChI is InChI=1S/C13H15N3O4S/c17-21(18,13-10-7-14-4-8(10)5-16-13)9-3-11-12(15-6-9)20-2-1-19-11/h3,6,13-14,16H,1-2,4-5,7H2. The average molecular weight is 309 g/mol. The molecule has 1 aromatic rings. The minimum atomic E-state index is -3.53. The molecule has 8 heteroatoms. The summed E-state index contributed by atoms with van der Waals surface area (Å²) >= 11 is 0. The highest BCUT2D eigenvalue weighted by Gasteiger charge is 2.38. The molecule has 112 valence electrons. The summed E-state index contributed by atoms with van der Waals surface area (Å²) in [4.78, 5) is 4.21. The van der Waals surface area contributed by atoms with Crippen LogP contribution >= 0.6 is 0 Å². The Morgan fingerprint density at radius 2 is 2.05 bits per heavy atom. The molecular formula is C13H15N3O4S. The lowest BCUT2D eigenvalue weighted by molar-refractivity contribution is 0.163. The van der Waals surface area contributed by atoms with Crippen LogP contribution in [0.3, 0.4) is 0 Å². The molecule has 0 fully saturated rings. The smallest absolute Gasteiger partial charge is 0.257 e. The van der Waals surface area contributed by atoms with Crippen LogP contribution in [0.2, 0.25) is 0 Å². The SMILES string of the molecule is O=S(=O)(c1cnc2c(c1)OCCO2)C1NCC2=C1CNC2. The molecule has 0 amide bonds. The Morgan fingerprint density at radius 3 is 2.95 bits per heavy atom. The summed E-state index contributed by atoms with van der Waals surface area (Å²) in [7, 11) is -3.53. The van der Waals surface area contributed by atoms with Crippen molar-refractivity contribution in [3.63, 3.8) is 0 Å². The van der Waals surface area contributed by atoms with Gasteiger partial charge in [-0.05, 0) is 11.1 Å². The predicted octanol–water partition coefficient (Wildman–Crippen LogP) is -0.544. The highest BCUT2D eigenvalue weighted by atomic mass is 32.2. The number of ether oxygens (including phenoxy) is 2. The van der Waals surface area contributed by atoms with E-state index in [0.29, 0.717) is 37.9 Å². The molecule has 4 heterocycles. The van der Waals surface area contributed by atoms with Gasteiger partial charge < -0.3 is 14.8 Å². The van der Waals surface area contributed by atoms with Gasteiger partial charge in [-0.3, -0.25) is 5.32 Å². The van der Waals surface area contributed by atoms with Gasteiger partial charge in [-0.25, -0.2) is 13.4 Å². The van der Waals surface area contributed by atoms with Gasteiger partial charge in [0.05, 0.1) is 4.90 Å². The van der Waals surface area contributed by atoms with Crippen molar-refractivity contribution in [1.82, 2.24) is 15.6 Å². The molecular weight excluding hydrogens is 294 g/mol. The number of hydrogen-bond acceptors (Lipinski definition) is 7. The molecule has 1 atom stereocenters. The summed E-state index contributed by atoms with van der Waals surface area (Å²) < 4.78 is 36.3. The van der Waals surface area contributed by atoms with E-state index in [0.717, 1.165) is 17.7 Å². The van der Waals surface area contributed by atoms with Crippen molar-refractivity contribution >= 4 is 9.84 Å². The fraction of sp³-hybridized carbons (Fsp3) is 0.462. The monoisotopic (exact) mass is 309 g/mol. The maximum atomic E-state index is 12.8. The second kappa shape index (κ2) is 4.69. The highest BCUT2D eigenvalue weighted by molar-refractivity contribution is 7.92. The van der Waals surface area contributed by atoms with Crippen LogP contribution in [0.1, 0.15) is 0 Å². The number of hydrogen-bond donors (Lipinski definition) is 2. The molecule has 0 radical (unpaired) electrons.